The number of anilines is 1. The van der Waals surface area contributed by atoms with Gasteiger partial charge in [0.1, 0.15) is 0 Å². The summed E-state index contributed by atoms with van der Waals surface area (Å²) in [6, 6.07) is 7.31. The van der Waals surface area contributed by atoms with Gasteiger partial charge < -0.3 is 10.2 Å². The molecule has 4 nitrogen and oxygen atoms in total. The van der Waals surface area contributed by atoms with Crippen molar-refractivity contribution in [2.45, 2.75) is 39.2 Å². The zero-order valence-electron chi connectivity index (χ0n) is 12.4. The van der Waals surface area contributed by atoms with Gasteiger partial charge in [-0.05, 0) is 37.1 Å². The smallest absolute Gasteiger partial charge is 0.227 e. The Labute approximate surface area is 130 Å². The number of carbonyl (C=O) groups is 2. The Morgan fingerprint density at radius 3 is 2.52 bits per heavy atom. The highest BCUT2D eigenvalue weighted by Crippen LogP contribution is 2.26. The van der Waals surface area contributed by atoms with Gasteiger partial charge in [0.25, 0.3) is 0 Å². The van der Waals surface area contributed by atoms with Crippen molar-refractivity contribution >= 4 is 29.1 Å². The molecule has 0 bridgehead atoms. The van der Waals surface area contributed by atoms with E-state index in [-0.39, 0.29) is 30.2 Å². The highest BCUT2D eigenvalue weighted by molar-refractivity contribution is 6.30. The fourth-order valence-corrected chi connectivity index (χ4v) is 2.69. The predicted octanol–water partition coefficient (Wildman–Crippen LogP) is 3.00. The van der Waals surface area contributed by atoms with Crippen LogP contribution < -0.4 is 10.2 Å². The molecule has 0 aliphatic carbocycles. The molecule has 5 heteroatoms. The third-order valence-electron chi connectivity index (χ3n) is 3.97. The van der Waals surface area contributed by atoms with Crippen LogP contribution in [0.15, 0.2) is 24.3 Å². The van der Waals surface area contributed by atoms with E-state index in [9.17, 15) is 9.59 Å². The second-order valence-corrected chi connectivity index (χ2v) is 5.84. The third kappa shape index (κ3) is 3.76. The van der Waals surface area contributed by atoms with Gasteiger partial charge in [-0.15, -0.1) is 0 Å². The molecule has 2 amide bonds. The number of hydrogen-bond donors (Lipinski definition) is 1. The molecule has 0 saturated carbocycles. The summed E-state index contributed by atoms with van der Waals surface area (Å²) in [4.78, 5) is 26.0. The Bertz CT molecular complexity index is 512. The SMILES string of the molecule is CCC(CC)NC(=O)C1CC(=O)N(c2ccc(Cl)cc2)C1. The van der Waals surface area contributed by atoms with Gasteiger partial charge in [-0.2, -0.15) is 0 Å². The molecule has 1 fully saturated rings. The molecule has 0 spiro atoms. The maximum Gasteiger partial charge on any atom is 0.227 e. The predicted molar refractivity (Wildman–Crippen MR) is 84.4 cm³/mol. The zero-order valence-corrected chi connectivity index (χ0v) is 13.2. The fraction of sp³-hybridized carbons (Fsp3) is 0.500. The highest BCUT2D eigenvalue weighted by Gasteiger charge is 2.35. The van der Waals surface area contributed by atoms with Crippen LogP contribution in [0.4, 0.5) is 5.69 Å². The van der Waals surface area contributed by atoms with Crippen molar-refractivity contribution in [1.82, 2.24) is 5.32 Å². The van der Waals surface area contributed by atoms with E-state index in [0.29, 0.717) is 11.6 Å². The van der Waals surface area contributed by atoms with Crippen LogP contribution >= 0.6 is 11.6 Å². The number of nitrogens with zero attached hydrogens (tertiary/aromatic N) is 1. The van der Waals surface area contributed by atoms with Crippen LogP contribution in [0.2, 0.25) is 5.02 Å². The fourth-order valence-electron chi connectivity index (χ4n) is 2.57. The van der Waals surface area contributed by atoms with Crippen LogP contribution in [-0.2, 0) is 9.59 Å². The molecule has 1 saturated heterocycles. The van der Waals surface area contributed by atoms with E-state index in [4.69, 9.17) is 11.6 Å². The molecule has 1 N–H and O–H groups in total. The van der Waals surface area contributed by atoms with Crippen molar-refractivity contribution in [3.63, 3.8) is 0 Å². The number of hydrogen-bond acceptors (Lipinski definition) is 2. The van der Waals surface area contributed by atoms with Crippen LogP contribution in [0.1, 0.15) is 33.1 Å². The van der Waals surface area contributed by atoms with Crippen molar-refractivity contribution in [2.24, 2.45) is 5.92 Å². The molecule has 1 aliphatic rings. The Kier molecular flexibility index (Phi) is 5.23. The number of carbonyl (C=O) groups excluding carboxylic acids is 2. The Morgan fingerprint density at radius 2 is 1.95 bits per heavy atom. The van der Waals surface area contributed by atoms with E-state index in [1.165, 1.54) is 0 Å². The Balaban J connectivity index is 2.02. The van der Waals surface area contributed by atoms with Crippen molar-refractivity contribution in [1.29, 1.82) is 0 Å². The largest absolute Gasteiger partial charge is 0.353 e. The molecule has 1 atom stereocenters. The van der Waals surface area contributed by atoms with E-state index in [1.807, 2.05) is 13.8 Å². The first-order valence-electron chi connectivity index (χ1n) is 7.41. The van der Waals surface area contributed by atoms with Crippen molar-refractivity contribution < 1.29 is 9.59 Å². The van der Waals surface area contributed by atoms with Crippen molar-refractivity contribution in [3.8, 4) is 0 Å². The molecule has 114 valence electrons. The number of rotatable bonds is 5. The van der Waals surface area contributed by atoms with Crippen molar-refractivity contribution in [2.75, 3.05) is 11.4 Å². The monoisotopic (exact) mass is 308 g/mol. The van der Waals surface area contributed by atoms with Gasteiger partial charge in [-0.1, -0.05) is 25.4 Å². The summed E-state index contributed by atoms with van der Waals surface area (Å²) in [7, 11) is 0. The Morgan fingerprint density at radius 1 is 1.33 bits per heavy atom. The summed E-state index contributed by atoms with van der Waals surface area (Å²) < 4.78 is 0. The van der Waals surface area contributed by atoms with E-state index < -0.39 is 0 Å². The summed E-state index contributed by atoms with van der Waals surface area (Å²) in [5.74, 6) is -0.302. The molecule has 0 aromatic heterocycles. The second kappa shape index (κ2) is 6.94. The van der Waals surface area contributed by atoms with Gasteiger partial charge in [-0.3, -0.25) is 9.59 Å². The number of benzene rings is 1. The van der Waals surface area contributed by atoms with E-state index >= 15 is 0 Å². The van der Waals surface area contributed by atoms with Gasteiger partial charge in [0, 0.05) is 29.7 Å². The topological polar surface area (TPSA) is 49.4 Å². The summed E-state index contributed by atoms with van der Waals surface area (Å²) in [5.41, 5.74) is 0.794. The third-order valence-corrected chi connectivity index (χ3v) is 4.22. The van der Waals surface area contributed by atoms with Crippen molar-refractivity contribution in [3.05, 3.63) is 29.3 Å². The Hall–Kier alpha value is -1.55. The number of halogens is 1. The quantitative estimate of drug-likeness (QED) is 0.909. The molecular formula is C16H21ClN2O2. The highest BCUT2D eigenvalue weighted by atomic mass is 35.5. The van der Waals surface area contributed by atoms with Gasteiger partial charge in [0.05, 0.1) is 5.92 Å². The molecule has 0 radical (unpaired) electrons. The first-order valence-corrected chi connectivity index (χ1v) is 7.79. The molecule has 1 aromatic carbocycles. The van der Waals surface area contributed by atoms with Crippen LogP contribution in [0.3, 0.4) is 0 Å². The van der Waals surface area contributed by atoms with Crippen LogP contribution in [0, 0.1) is 5.92 Å². The van der Waals surface area contributed by atoms with Gasteiger partial charge >= 0.3 is 0 Å². The lowest BCUT2D eigenvalue weighted by molar-refractivity contribution is -0.127. The van der Waals surface area contributed by atoms with E-state index in [2.05, 4.69) is 5.32 Å². The zero-order chi connectivity index (χ0) is 15.4. The summed E-state index contributed by atoms with van der Waals surface area (Å²) in [6.45, 7) is 4.54. The number of nitrogens with one attached hydrogen (secondary N) is 1. The molecule has 1 unspecified atom stereocenters. The first kappa shape index (κ1) is 15.8. The first-order chi connectivity index (χ1) is 10.0. The van der Waals surface area contributed by atoms with E-state index in [1.54, 1.807) is 29.2 Å². The van der Waals surface area contributed by atoms with Gasteiger partial charge in [-0.25, -0.2) is 0 Å². The summed E-state index contributed by atoms with van der Waals surface area (Å²) in [5, 5.41) is 3.65. The second-order valence-electron chi connectivity index (χ2n) is 5.40. The average Bonchev–Trinajstić information content (AvgIpc) is 2.87. The minimum Gasteiger partial charge on any atom is -0.353 e. The molecule has 1 heterocycles. The normalized spacial score (nSPS) is 18.4. The minimum absolute atomic E-state index is 0.0120. The van der Waals surface area contributed by atoms with E-state index in [0.717, 1.165) is 18.5 Å². The average molecular weight is 309 g/mol. The molecule has 1 aliphatic heterocycles. The van der Waals surface area contributed by atoms with Crippen LogP contribution in [-0.4, -0.2) is 24.4 Å². The van der Waals surface area contributed by atoms with Gasteiger partial charge in [0.2, 0.25) is 11.8 Å². The minimum atomic E-state index is -0.270. The molecule has 21 heavy (non-hydrogen) atoms. The molecular weight excluding hydrogens is 288 g/mol. The van der Waals surface area contributed by atoms with Crippen LogP contribution in [0.25, 0.3) is 0 Å². The van der Waals surface area contributed by atoms with Crippen LogP contribution in [0.5, 0.6) is 0 Å². The summed E-state index contributed by atoms with van der Waals surface area (Å²) >= 11 is 5.86. The van der Waals surface area contributed by atoms with Gasteiger partial charge in [0.15, 0.2) is 0 Å². The lowest BCUT2D eigenvalue weighted by atomic mass is 10.1. The maximum atomic E-state index is 12.2. The molecule has 2 rings (SSSR count). The summed E-state index contributed by atoms with van der Waals surface area (Å²) in [6.07, 6.45) is 2.09. The molecule has 1 aromatic rings. The standard InChI is InChI=1S/C16H21ClN2O2/c1-3-13(4-2)18-16(21)11-9-15(20)19(10-11)14-7-5-12(17)6-8-14/h5-8,11,13H,3-4,9-10H2,1-2H3,(H,18,21). The number of amides is 2. The maximum absolute atomic E-state index is 12.2. The lowest BCUT2D eigenvalue weighted by Crippen LogP contribution is -2.39. The lowest BCUT2D eigenvalue weighted by Gasteiger charge is -2.19.